The molecule has 4 rings (SSSR count). The minimum Gasteiger partial charge on any atom is -0.507 e. The molecule has 0 radical (unpaired) electrons. The SMILES string of the molecule is Oc1ccc(Sc2ccccc2)c(-c2ccccc2)c1-c1ccccc1. The molecule has 0 amide bonds. The number of benzene rings is 4. The van der Waals surface area contributed by atoms with Crippen LogP contribution in [0.15, 0.2) is 113 Å². The summed E-state index contributed by atoms with van der Waals surface area (Å²) in [5, 5.41) is 10.7. The van der Waals surface area contributed by atoms with E-state index in [1.807, 2.05) is 72.8 Å². The summed E-state index contributed by atoms with van der Waals surface area (Å²) in [7, 11) is 0. The molecular formula is C24H18OS. The van der Waals surface area contributed by atoms with Gasteiger partial charge in [0, 0.05) is 20.9 Å². The smallest absolute Gasteiger partial charge is 0.124 e. The van der Waals surface area contributed by atoms with Gasteiger partial charge in [-0.25, -0.2) is 0 Å². The molecule has 0 saturated carbocycles. The molecule has 126 valence electrons. The Morgan fingerprint density at radius 1 is 0.500 bits per heavy atom. The summed E-state index contributed by atoms with van der Waals surface area (Å²) in [5.74, 6) is 0.299. The number of phenolic OH excluding ortho intramolecular Hbond substituents is 1. The molecule has 4 aromatic rings. The highest BCUT2D eigenvalue weighted by molar-refractivity contribution is 7.99. The Morgan fingerprint density at radius 3 is 1.58 bits per heavy atom. The zero-order valence-electron chi connectivity index (χ0n) is 14.2. The maximum absolute atomic E-state index is 10.7. The molecule has 0 aliphatic carbocycles. The van der Waals surface area contributed by atoms with Gasteiger partial charge in [-0.3, -0.25) is 0 Å². The van der Waals surface area contributed by atoms with Crippen LogP contribution in [0, 0.1) is 0 Å². The van der Waals surface area contributed by atoms with Gasteiger partial charge in [-0.05, 0) is 35.4 Å². The lowest BCUT2D eigenvalue weighted by atomic mass is 9.93. The van der Waals surface area contributed by atoms with Gasteiger partial charge >= 0.3 is 0 Å². The Kier molecular flexibility index (Phi) is 4.76. The number of aromatic hydroxyl groups is 1. The molecule has 1 nitrogen and oxygen atoms in total. The van der Waals surface area contributed by atoms with Crippen molar-refractivity contribution in [1.29, 1.82) is 0 Å². The Labute approximate surface area is 158 Å². The van der Waals surface area contributed by atoms with Crippen LogP contribution < -0.4 is 0 Å². The van der Waals surface area contributed by atoms with Crippen molar-refractivity contribution in [1.82, 2.24) is 0 Å². The fourth-order valence-electron chi connectivity index (χ4n) is 3.06. The van der Waals surface area contributed by atoms with E-state index in [1.54, 1.807) is 17.8 Å². The molecule has 4 aromatic carbocycles. The van der Waals surface area contributed by atoms with Gasteiger partial charge in [0.15, 0.2) is 0 Å². The monoisotopic (exact) mass is 354 g/mol. The van der Waals surface area contributed by atoms with Gasteiger partial charge in [0.1, 0.15) is 5.75 Å². The van der Waals surface area contributed by atoms with Crippen LogP contribution in [0.3, 0.4) is 0 Å². The molecule has 0 aliphatic rings. The highest BCUT2D eigenvalue weighted by Crippen LogP contribution is 2.45. The lowest BCUT2D eigenvalue weighted by Crippen LogP contribution is -1.90. The minimum absolute atomic E-state index is 0.299. The Hall–Kier alpha value is -2.97. The third-order valence-corrected chi connectivity index (χ3v) is 5.31. The number of hydrogen-bond acceptors (Lipinski definition) is 2. The molecule has 0 aromatic heterocycles. The van der Waals surface area contributed by atoms with Gasteiger partial charge in [0.2, 0.25) is 0 Å². The van der Waals surface area contributed by atoms with Crippen LogP contribution in [0.4, 0.5) is 0 Å². The van der Waals surface area contributed by atoms with Crippen LogP contribution in [0.25, 0.3) is 22.3 Å². The Bertz CT molecular complexity index is 996. The van der Waals surface area contributed by atoms with Crippen molar-refractivity contribution in [2.24, 2.45) is 0 Å². The molecule has 0 heterocycles. The van der Waals surface area contributed by atoms with E-state index in [1.165, 1.54) is 4.90 Å². The summed E-state index contributed by atoms with van der Waals surface area (Å²) >= 11 is 1.72. The normalized spacial score (nSPS) is 10.6. The van der Waals surface area contributed by atoms with Crippen LogP contribution in [0.1, 0.15) is 0 Å². The van der Waals surface area contributed by atoms with E-state index in [0.29, 0.717) is 5.75 Å². The average Bonchev–Trinajstić information content (AvgIpc) is 2.71. The summed E-state index contributed by atoms with van der Waals surface area (Å²) < 4.78 is 0. The third-order valence-electron chi connectivity index (χ3n) is 4.24. The van der Waals surface area contributed by atoms with E-state index in [-0.39, 0.29) is 0 Å². The quantitative estimate of drug-likeness (QED) is 0.431. The first-order valence-corrected chi connectivity index (χ1v) is 9.34. The van der Waals surface area contributed by atoms with E-state index in [2.05, 4.69) is 24.3 Å². The predicted octanol–water partition coefficient (Wildman–Crippen LogP) is 6.88. The first kappa shape index (κ1) is 16.5. The zero-order valence-corrected chi connectivity index (χ0v) is 15.0. The molecule has 0 bridgehead atoms. The first-order chi connectivity index (χ1) is 12.8. The maximum atomic E-state index is 10.7. The summed E-state index contributed by atoms with van der Waals surface area (Å²) in [6.07, 6.45) is 0. The highest BCUT2D eigenvalue weighted by Gasteiger charge is 2.17. The van der Waals surface area contributed by atoms with Crippen molar-refractivity contribution in [2.75, 3.05) is 0 Å². The zero-order chi connectivity index (χ0) is 17.8. The maximum Gasteiger partial charge on any atom is 0.124 e. The van der Waals surface area contributed by atoms with Gasteiger partial charge in [-0.1, -0.05) is 90.6 Å². The van der Waals surface area contributed by atoms with E-state index in [0.717, 1.165) is 27.1 Å². The molecule has 0 saturated heterocycles. The van der Waals surface area contributed by atoms with Crippen molar-refractivity contribution in [3.05, 3.63) is 103 Å². The molecule has 0 spiro atoms. The first-order valence-electron chi connectivity index (χ1n) is 8.52. The van der Waals surface area contributed by atoms with Crippen LogP contribution >= 0.6 is 11.8 Å². The standard InChI is InChI=1S/C24H18OS/c25-21-16-17-22(26-20-14-8-3-9-15-20)24(19-12-6-2-7-13-19)23(21)18-10-4-1-5-11-18/h1-17,25H. The van der Waals surface area contributed by atoms with Crippen LogP contribution in [-0.4, -0.2) is 5.11 Å². The van der Waals surface area contributed by atoms with Crippen molar-refractivity contribution < 1.29 is 5.11 Å². The van der Waals surface area contributed by atoms with Crippen molar-refractivity contribution in [3.63, 3.8) is 0 Å². The van der Waals surface area contributed by atoms with Crippen LogP contribution in [-0.2, 0) is 0 Å². The molecule has 26 heavy (non-hydrogen) atoms. The summed E-state index contributed by atoms with van der Waals surface area (Å²) in [6, 6.07) is 34.5. The molecule has 1 N–H and O–H groups in total. The van der Waals surface area contributed by atoms with Gasteiger partial charge in [-0.15, -0.1) is 0 Å². The van der Waals surface area contributed by atoms with E-state index in [9.17, 15) is 5.11 Å². The van der Waals surface area contributed by atoms with Crippen LogP contribution in [0.2, 0.25) is 0 Å². The van der Waals surface area contributed by atoms with Crippen molar-refractivity contribution in [2.45, 2.75) is 9.79 Å². The molecular weight excluding hydrogens is 336 g/mol. The lowest BCUT2D eigenvalue weighted by molar-refractivity contribution is 0.477. The topological polar surface area (TPSA) is 20.2 Å². The van der Waals surface area contributed by atoms with Gasteiger partial charge in [0.05, 0.1) is 0 Å². The number of hydrogen-bond donors (Lipinski definition) is 1. The number of rotatable bonds is 4. The summed E-state index contributed by atoms with van der Waals surface area (Å²) in [4.78, 5) is 2.30. The fourth-order valence-corrected chi connectivity index (χ4v) is 4.07. The predicted molar refractivity (Wildman–Crippen MR) is 110 cm³/mol. The average molecular weight is 354 g/mol. The Balaban J connectivity index is 1.95. The van der Waals surface area contributed by atoms with Crippen molar-refractivity contribution in [3.8, 4) is 28.0 Å². The van der Waals surface area contributed by atoms with Gasteiger partial charge < -0.3 is 5.11 Å². The highest BCUT2D eigenvalue weighted by atomic mass is 32.2. The molecule has 0 unspecified atom stereocenters. The van der Waals surface area contributed by atoms with Crippen LogP contribution in [0.5, 0.6) is 5.75 Å². The molecule has 2 heteroatoms. The molecule has 0 aliphatic heterocycles. The van der Waals surface area contributed by atoms with Crippen molar-refractivity contribution >= 4 is 11.8 Å². The van der Waals surface area contributed by atoms with E-state index >= 15 is 0 Å². The lowest BCUT2D eigenvalue weighted by Gasteiger charge is -2.17. The second-order valence-corrected chi connectivity index (χ2v) is 7.10. The molecule has 0 fully saturated rings. The largest absolute Gasteiger partial charge is 0.507 e. The fraction of sp³-hybridized carbons (Fsp3) is 0. The van der Waals surface area contributed by atoms with Gasteiger partial charge in [-0.2, -0.15) is 0 Å². The molecule has 0 atom stereocenters. The van der Waals surface area contributed by atoms with Gasteiger partial charge in [0.25, 0.3) is 0 Å². The Morgan fingerprint density at radius 2 is 1.00 bits per heavy atom. The minimum atomic E-state index is 0.299. The summed E-state index contributed by atoms with van der Waals surface area (Å²) in [6.45, 7) is 0. The van der Waals surface area contributed by atoms with E-state index in [4.69, 9.17) is 0 Å². The summed E-state index contributed by atoms with van der Waals surface area (Å²) in [5.41, 5.74) is 4.04. The second kappa shape index (κ2) is 7.51. The van der Waals surface area contributed by atoms with E-state index < -0.39 is 0 Å². The number of phenols is 1. The second-order valence-electron chi connectivity index (χ2n) is 5.98. The third kappa shape index (κ3) is 3.37.